The second-order valence-corrected chi connectivity index (χ2v) is 8.76. The molecule has 1 aromatic rings. The topological polar surface area (TPSA) is 99.6 Å². The Labute approximate surface area is 172 Å². The highest BCUT2D eigenvalue weighted by Gasteiger charge is 2.27. The Morgan fingerprint density at radius 3 is 2.61 bits per heavy atom. The van der Waals surface area contributed by atoms with E-state index in [1.807, 2.05) is 13.8 Å². The maximum Gasteiger partial charge on any atom is 0.243 e. The molecule has 0 atom stereocenters. The fourth-order valence-electron chi connectivity index (χ4n) is 2.74. The molecule has 1 aliphatic rings. The number of nitrogens with two attached hydrogens (primary N) is 1. The summed E-state index contributed by atoms with van der Waals surface area (Å²) in [5.74, 6) is 0. The van der Waals surface area contributed by atoms with E-state index in [0.29, 0.717) is 42.9 Å². The number of quaternary nitrogens is 1. The summed E-state index contributed by atoms with van der Waals surface area (Å²) in [5.41, 5.74) is 4.35. The molecule has 1 aliphatic heterocycles. The Bertz CT molecular complexity index is 760. The summed E-state index contributed by atoms with van der Waals surface area (Å²) in [5, 5.41) is 9.89. The van der Waals surface area contributed by atoms with Crippen LogP contribution in [0.2, 0.25) is 0 Å². The summed E-state index contributed by atoms with van der Waals surface area (Å²) < 4.78 is 32.2. The van der Waals surface area contributed by atoms with Crippen LogP contribution in [-0.4, -0.2) is 69.5 Å². The van der Waals surface area contributed by atoms with Crippen molar-refractivity contribution in [2.45, 2.75) is 25.2 Å². The van der Waals surface area contributed by atoms with Gasteiger partial charge < -0.3 is 15.4 Å². The van der Waals surface area contributed by atoms with Crippen LogP contribution in [0, 0.1) is 0 Å². The first-order valence-electron chi connectivity index (χ1n) is 9.53. The number of hydrogen-bond donors (Lipinski definition) is 3. The lowest BCUT2D eigenvalue weighted by atomic mass is 10.1. The molecule has 0 aliphatic carbocycles. The van der Waals surface area contributed by atoms with Crippen molar-refractivity contribution in [2.24, 2.45) is 5.10 Å². The Morgan fingerprint density at radius 2 is 1.96 bits per heavy atom. The largest absolute Gasteiger partial charge is 0.382 e. The van der Waals surface area contributed by atoms with Crippen molar-refractivity contribution in [1.29, 1.82) is 0 Å². The SMILES string of the molecule is CCOCCCNC(=S)N/N=C(/C)c1ccc(S(=O)(=O)N2CC[NH2+]CC2)cc1. The third kappa shape index (κ3) is 6.78. The van der Waals surface area contributed by atoms with Crippen molar-refractivity contribution in [1.82, 2.24) is 15.0 Å². The van der Waals surface area contributed by atoms with Gasteiger partial charge in [-0.2, -0.15) is 9.41 Å². The van der Waals surface area contributed by atoms with E-state index >= 15 is 0 Å². The van der Waals surface area contributed by atoms with Gasteiger partial charge in [0, 0.05) is 19.8 Å². The van der Waals surface area contributed by atoms with Gasteiger partial charge in [0.25, 0.3) is 0 Å². The van der Waals surface area contributed by atoms with Gasteiger partial charge >= 0.3 is 0 Å². The van der Waals surface area contributed by atoms with Crippen molar-refractivity contribution in [2.75, 3.05) is 45.9 Å². The predicted octanol–water partition coefficient (Wildman–Crippen LogP) is -0.131. The highest BCUT2D eigenvalue weighted by atomic mass is 32.2. The maximum atomic E-state index is 12.7. The van der Waals surface area contributed by atoms with E-state index in [2.05, 4.69) is 21.2 Å². The monoisotopic (exact) mass is 428 g/mol. The van der Waals surface area contributed by atoms with Gasteiger partial charge in [-0.05, 0) is 50.2 Å². The zero-order chi connectivity index (χ0) is 20.4. The lowest BCUT2D eigenvalue weighted by Gasteiger charge is -2.24. The number of rotatable bonds is 9. The fraction of sp³-hybridized carbons (Fsp3) is 0.556. The normalized spacial score (nSPS) is 16.0. The van der Waals surface area contributed by atoms with Crippen molar-refractivity contribution < 1.29 is 18.5 Å². The van der Waals surface area contributed by atoms with E-state index in [9.17, 15) is 8.42 Å². The van der Waals surface area contributed by atoms with Crippen molar-refractivity contribution in [3.8, 4) is 0 Å². The van der Waals surface area contributed by atoms with Crippen molar-refractivity contribution in [3.63, 3.8) is 0 Å². The molecule has 0 aromatic heterocycles. The number of benzene rings is 1. The lowest BCUT2D eigenvalue weighted by Crippen LogP contribution is -2.89. The van der Waals surface area contributed by atoms with E-state index in [1.54, 1.807) is 28.6 Å². The molecule has 4 N–H and O–H groups in total. The molecule has 1 aromatic carbocycles. The van der Waals surface area contributed by atoms with Gasteiger partial charge in [0.05, 0.1) is 36.8 Å². The molecule has 0 saturated carbocycles. The van der Waals surface area contributed by atoms with Crippen LogP contribution in [0.3, 0.4) is 0 Å². The van der Waals surface area contributed by atoms with Gasteiger partial charge in [0.1, 0.15) is 0 Å². The fourth-order valence-corrected chi connectivity index (χ4v) is 4.36. The molecule has 0 spiro atoms. The molecule has 8 nitrogen and oxygen atoms in total. The van der Waals surface area contributed by atoms with Gasteiger partial charge in [-0.1, -0.05) is 12.1 Å². The molecule has 1 fully saturated rings. The molecule has 0 bridgehead atoms. The Kier molecular flexibility index (Phi) is 9.26. The number of sulfonamides is 1. The van der Waals surface area contributed by atoms with Gasteiger partial charge in [0.2, 0.25) is 10.0 Å². The number of piperazine rings is 1. The number of nitrogens with zero attached hydrogens (tertiary/aromatic N) is 2. The van der Waals surface area contributed by atoms with Crippen LogP contribution < -0.4 is 16.1 Å². The van der Waals surface area contributed by atoms with Gasteiger partial charge in [-0.25, -0.2) is 8.42 Å². The smallest absolute Gasteiger partial charge is 0.243 e. The first kappa shape index (κ1) is 22.7. The molecule has 1 saturated heterocycles. The first-order valence-corrected chi connectivity index (χ1v) is 11.4. The molecular formula is C18H30N5O3S2+. The summed E-state index contributed by atoms with van der Waals surface area (Å²) in [7, 11) is -3.43. The van der Waals surface area contributed by atoms with Crippen LogP contribution in [0.15, 0.2) is 34.3 Å². The minimum atomic E-state index is -3.43. The van der Waals surface area contributed by atoms with E-state index in [-0.39, 0.29) is 0 Å². The Balaban J connectivity index is 1.89. The second-order valence-electron chi connectivity index (χ2n) is 6.41. The van der Waals surface area contributed by atoms with Gasteiger partial charge in [-0.15, -0.1) is 0 Å². The molecule has 0 unspecified atom stereocenters. The third-order valence-electron chi connectivity index (χ3n) is 4.36. The zero-order valence-electron chi connectivity index (χ0n) is 16.5. The molecule has 10 heteroatoms. The minimum absolute atomic E-state index is 0.311. The van der Waals surface area contributed by atoms with E-state index in [1.165, 1.54) is 0 Å². The van der Waals surface area contributed by atoms with Crippen LogP contribution in [0.25, 0.3) is 0 Å². The molecule has 0 radical (unpaired) electrons. The van der Waals surface area contributed by atoms with Crippen LogP contribution in [0.4, 0.5) is 0 Å². The van der Waals surface area contributed by atoms with Gasteiger partial charge in [0.15, 0.2) is 5.11 Å². The predicted molar refractivity (Wildman–Crippen MR) is 114 cm³/mol. The van der Waals surface area contributed by atoms with Gasteiger partial charge in [-0.3, -0.25) is 5.43 Å². The summed E-state index contributed by atoms with van der Waals surface area (Å²) in [6.45, 7) is 8.61. The molecular weight excluding hydrogens is 398 g/mol. The number of hydrogen-bond acceptors (Lipinski definition) is 5. The standard InChI is InChI=1S/C18H29N5O3S2/c1-3-26-14-4-9-20-18(27)22-21-15(2)16-5-7-17(8-6-16)28(24,25)23-12-10-19-11-13-23/h5-8,19H,3-4,9-14H2,1-2H3,(H2,20,22,27)/p+1/b21-15-. The minimum Gasteiger partial charge on any atom is -0.382 e. The number of thiocarbonyl (C=S) groups is 1. The zero-order valence-corrected chi connectivity index (χ0v) is 18.1. The molecule has 0 amide bonds. The average molecular weight is 429 g/mol. The quantitative estimate of drug-likeness (QED) is 0.219. The Morgan fingerprint density at radius 1 is 1.29 bits per heavy atom. The molecule has 28 heavy (non-hydrogen) atoms. The van der Waals surface area contributed by atoms with Crippen molar-refractivity contribution >= 4 is 33.1 Å². The van der Waals surface area contributed by atoms with Crippen LogP contribution >= 0.6 is 12.2 Å². The van der Waals surface area contributed by atoms with E-state index in [4.69, 9.17) is 17.0 Å². The highest BCUT2D eigenvalue weighted by molar-refractivity contribution is 7.89. The molecule has 156 valence electrons. The highest BCUT2D eigenvalue weighted by Crippen LogP contribution is 2.16. The van der Waals surface area contributed by atoms with E-state index in [0.717, 1.165) is 30.8 Å². The first-order chi connectivity index (χ1) is 13.4. The lowest BCUT2D eigenvalue weighted by molar-refractivity contribution is -0.661. The summed E-state index contributed by atoms with van der Waals surface area (Å²) in [6, 6.07) is 6.79. The molecule has 2 rings (SSSR count). The number of ether oxygens (including phenoxy) is 1. The molecule has 1 heterocycles. The summed E-state index contributed by atoms with van der Waals surface area (Å²) in [4.78, 5) is 0.311. The summed E-state index contributed by atoms with van der Waals surface area (Å²) >= 11 is 5.18. The van der Waals surface area contributed by atoms with Crippen LogP contribution in [0.1, 0.15) is 25.8 Å². The average Bonchev–Trinajstić information content (AvgIpc) is 2.72. The van der Waals surface area contributed by atoms with Crippen molar-refractivity contribution in [3.05, 3.63) is 29.8 Å². The van der Waals surface area contributed by atoms with Crippen LogP contribution in [-0.2, 0) is 14.8 Å². The maximum absolute atomic E-state index is 12.7. The number of nitrogens with one attached hydrogen (secondary N) is 2. The van der Waals surface area contributed by atoms with E-state index < -0.39 is 10.0 Å². The number of hydrazone groups is 1. The summed E-state index contributed by atoms with van der Waals surface area (Å²) in [6.07, 6.45) is 0.864. The third-order valence-corrected chi connectivity index (χ3v) is 6.50. The second kappa shape index (κ2) is 11.4. The van der Waals surface area contributed by atoms with Crippen LogP contribution in [0.5, 0.6) is 0 Å². The Hall–Kier alpha value is -1.59.